The predicted molar refractivity (Wildman–Crippen MR) is 101 cm³/mol. The van der Waals surface area contributed by atoms with Crippen molar-refractivity contribution in [2.24, 2.45) is 0 Å². The molecule has 3 atom stereocenters. The molecule has 1 aromatic rings. The standard InChI is InChI=1S/C19H32N4O4/c1-4-16-20-13(3)18(27-16)19(25)21-14-6-11-26-15(17(14)24)12-23-9-7-22(5-2)8-10-23/h14-15,17,24H,4-12H2,1-3H3,(H,21,25)/t14-,15+,17-/m0/s1. The zero-order chi connectivity index (χ0) is 19.4. The van der Waals surface area contributed by atoms with Gasteiger partial charge in [0.25, 0.3) is 5.91 Å². The predicted octanol–water partition coefficient (Wildman–Crippen LogP) is 0.431. The van der Waals surface area contributed by atoms with E-state index < -0.39 is 6.10 Å². The molecular weight excluding hydrogens is 348 g/mol. The summed E-state index contributed by atoms with van der Waals surface area (Å²) in [5.41, 5.74) is 0.580. The van der Waals surface area contributed by atoms with Crippen molar-refractivity contribution in [3.63, 3.8) is 0 Å². The molecule has 27 heavy (non-hydrogen) atoms. The van der Waals surface area contributed by atoms with Gasteiger partial charge in [0.1, 0.15) is 6.10 Å². The molecule has 0 saturated carbocycles. The summed E-state index contributed by atoms with van der Waals surface area (Å²) in [6.45, 7) is 12.2. The number of piperazine rings is 1. The van der Waals surface area contributed by atoms with Crippen molar-refractivity contribution in [1.82, 2.24) is 20.1 Å². The first-order chi connectivity index (χ1) is 13.0. The smallest absolute Gasteiger partial charge is 0.289 e. The number of likely N-dealkylation sites (N-methyl/N-ethyl adjacent to an activating group) is 1. The van der Waals surface area contributed by atoms with Gasteiger partial charge in [-0.15, -0.1) is 0 Å². The lowest BCUT2D eigenvalue weighted by Gasteiger charge is -2.40. The van der Waals surface area contributed by atoms with Crippen LogP contribution in [0.25, 0.3) is 0 Å². The zero-order valence-electron chi connectivity index (χ0n) is 16.6. The van der Waals surface area contributed by atoms with Crippen molar-refractivity contribution in [3.8, 4) is 0 Å². The van der Waals surface area contributed by atoms with E-state index in [1.54, 1.807) is 6.92 Å². The summed E-state index contributed by atoms with van der Waals surface area (Å²) in [6, 6.07) is -0.345. The number of aromatic nitrogens is 1. The molecule has 0 spiro atoms. The molecule has 2 saturated heterocycles. The molecule has 8 heteroatoms. The van der Waals surface area contributed by atoms with Crippen LogP contribution in [0, 0.1) is 6.92 Å². The number of carbonyl (C=O) groups excluding carboxylic acids is 1. The number of aryl methyl sites for hydroxylation is 2. The summed E-state index contributed by atoms with van der Waals surface area (Å²) in [5, 5.41) is 13.7. The lowest BCUT2D eigenvalue weighted by atomic mass is 9.98. The quantitative estimate of drug-likeness (QED) is 0.740. The SMILES string of the molecule is CCc1nc(C)c(C(=O)N[C@H]2CCO[C@H](CN3CCN(CC)CC3)[C@H]2O)o1. The number of oxazole rings is 1. The number of rotatable bonds is 6. The third kappa shape index (κ3) is 4.87. The van der Waals surface area contributed by atoms with Gasteiger partial charge in [0.05, 0.1) is 17.8 Å². The van der Waals surface area contributed by atoms with Crippen molar-refractivity contribution in [2.75, 3.05) is 45.9 Å². The Kier molecular flexibility index (Phi) is 6.86. The Bertz CT molecular complexity index is 627. The largest absolute Gasteiger partial charge is 0.435 e. The Morgan fingerprint density at radius 2 is 1.96 bits per heavy atom. The van der Waals surface area contributed by atoms with Crippen molar-refractivity contribution in [1.29, 1.82) is 0 Å². The molecule has 3 rings (SSSR count). The maximum Gasteiger partial charge on any atom is 0.289 e. The number of nitrogens with zero attached hydrogens (tertiary/aromatic N) is 3. The van der Waals surface area contributed by atoms with Crippen LogP contribution in [0.2, 0.25) is 0 Å². The molecule has 0 radical (unpaired) electrons. The number of hydrogen-bond acceptors (Lipinski definition) is 7. The number of ether oxygens (including phenoxy) is 1. The molecule has 0 bridgehead atoms. The molecule has 3 heterocycles. The minimum atomic E-state index is -0.735. The number of carbonyl (C=O) groups is 1. The Labute approximate surface area is 160 Å². The first kappa shape index (κ1) is 20.3. The third-order valence-electron chi connectivity index (χ3n) is 5.57. The van der Waals surface area contributed by atoms with Crippen LogP contribution in [0.4, 0.5) is 0 Å². The molecule has 1 amide bonds. The van der Waals surface area contributed by atoms with Gasteiger partial charge < -0.3 is 24.5 Å². The van der Waals surface area contributed by atoms with Crippen LogP contribution in [-0.4, -0.2) is 89.9 Å². The summed E-state index contributed by atoms with van der Waals surface area (Å²) < 4.78 is 11.3. The molecular formula is C19H32N4O4. The second kappa shape index (κ2) is 9.14. The second-order valence-electron chi connectivity index (χ2n) is 7.38. The Hall–Kier alpha value is -1.48. The first-order valence-electron chi connectivity index (χ1n) is 10.0. The minimum absolute atomic E-state index is 0.234. The van der Waals surface area contributed by atoms with E-state index in [2.05, 4.69) is 27.0 Å². The average Bonchev–Trinajstić information content (AvgIpc) is 3.06. The van der Waals surface area contributed by atoms with Gasteiger partial charge >= 0.3 is 0 Å². The van der Waals surface area contributed by atoms with Gasteiger partial charge in [0, 0.05) is 45.8 Å². The maximum absolute atomic E-state index is 12.6. The molecule has 0 aliphatic carbocycles. The highest BCUT2D eigenvalue weighted by Gasteiger charge is 2.36. The van der Waals surface area contributed by atoms with E-state index in [0.717, 1.165) is 32.7 Å². The molecule has 152 valence electrons. The first-order valence-corrected chi connectivity index (χ1v) is 10.0. The van der Waals surface area contributed by atoms with Gasteiger partial charge in [-0.1, -0.05) is 13.8 Å². The van der Waals surface area contributed by atoms with Crippen LogP contribution < -0.4 is 5.32 Å². The minimum Gasteiger partial charge on any atom is -0.435 e. The lowest BCUT2D eigenvalue weighted by molar-refractivity contribution is -0.102. The van der Waals surface area contributed by atoms with E-state index in [1.165, 1.54) is 0 Å². The Balaban J connectivity index is 1.55. The number of aliphatic hydroxyl groups excluding tert-OH is 1. The monoisotopic (exact) mass is 380 g/mol. The fraction of sp³-hybridized carbons (Fsp3) is 0.789. The molecule has 2 fully saturated rings. The van der Waals surface area contributed by atoms with Gasteiger partial charge in [-0.25, -0.2) is 4.98 Å². The fourth-order valence-electron chi connectivity index (χ4n) is 3.78. The third-order valence-corrected chi connectivity index (χ3v) is 5.57. The van der Waals surface area contributed by atoms with E-state index in [-0.39, 0.29) is 23.8 Å². The van der Waals surface area contributed by atoms with E-state index in [1.807, 2.05) is 6.92 Å². The van der Waals surface area contributed by atoms with Crippen LogP contribution in [0.1, 0.15) is 42.4 Å². The molecule has 0 unspecified atom stereocenters. The zero-order valence-corrected chi connectivity index (χ0v) is 16.6. The van der Waals surface area contributed by atoms with Gasteiger partial charge in [0.2, 0.25) is 5.76 Å². The van der Waals surface area contributed by atoms with Crippen molar-refractivity contribution >= 4 is 5.91 Å². The highest BCUT2D eigenvalue weighted by Crippen LogP contribution is 2.18. The number of amides is 1. The van der Waals surface area contributed by atoms with Gasteiger partial charge in [-0.2, -0.15) is 0 Å². The van der Waals surface area contributed by atoms with Crippen LogP contribution in [0.5, 0.6) is 0 Å². The molecule has 2 aliphatic heterocycles. The number of aliphatic hydroxyl groups is 1. The van der Waals surface area contributed by atoms with E-state index in [0.29, 0.717) is 37.6 Å². The molecule has 2 N–H and O–H groups in total. The Morgan fingerprint density at radius 3 is 2.59 bits per heavy atom. The maximum atomic E-state index is 12.6. The topological polar surface area (TPSA) is 91.1 Å². The normalized spacial score (nSPS) is 27.6. The number of hydrogen-bond donors (Lipinski definition) is 2. The van der Waals surface area contributed by atoms with Crippen molar-refractivity contribution in [2.45, 2.75) is 51.9 Å². The summed E-state index contributed by atoms with van der Waals surface area (Å²) in [4.78, 5) is 21.6. The van der Waals surface area contributed by atoms with E-state index in [4.69, 9.17) is 9.15 Å². The van der Waals surface area contributed by atoms with Crippen molar-refractivity contribution in [3.05, 3.63) is 17.3 Å². The molecule has 0 aromatic carbocycles. The highest BCUT2D eigenvalue weighted by atomic mass is 16.5. The van der Waals surface area contributed by atoms with Crippen LogP contribution in [0.15, 0.2) is 4.42 Å². The number of nitrogens with one attached hydrogen (secondary N) is 1. The summed E-state index contributed by atoms with van der Waals surface area (Å²) in [5.74, 6) is 0.466. The molecule has 8 nitrogen and oxygen atoms in total. The summed E-state index contributed by atoms with van der Waals surface area (Å²) in [6.07, 6.45) is 0.197. The van der Waals surface area contributed by atoms with Crippen LogP contribution in [-0.2, 0) is 11.2 Å². The molecule has 2 aliphatic rings. The summed E-state index contributed by atoms with van der Waals surface area (Å²) >= 11 is 0. The highest BCUT2D eigenvalue weighted by molar-refractivity contribution is 5.92. The van der Waals surface area contributed by atoms with E-state index in [9.17, 15) is 9.90 Å². The van der Waals surface area contributed by atoms with Crippen LogP contribution >= 0.6 is 0 Å². The van der Waals surface area contributed by atoms with E-state index >= 15 is 0 Å². The van der Waals surface area contributed by atoms with Gasteiger partial charge in [0.15, 0.2) is 5.89 Å². The fourth-order valence-corrected chi connectivity index (χ4v) is 3.78. The Morgan fingerprint density at radius 1 is 1.26 bits per heavy atom. The lowest BCUT2D eigenvalue weighted by Crippen LogP contribution is -2.57. The molecule has 1 aromatic heterocycles. The van der Waals surface area contributed by atoms with Gasteiger partial charge in [-0.05, 0) is 19.9 Å². The average molecular weight is 380 g/mol. The van der Waals surface area contributed by atoms with Crippen molar-refractivity contribution < 1.29 is 19.1 Å². The second-order valence-corrected chi connectivity index (χ2v) is 7.38. The summed E-state index contributed by atoms with van der Waals surface area (Å²) in [7, 11) is 0. The van der Waals surface area contributed by atoms with Gasteiger partial charge in [-0.3, -0.25) is 9.69 Å². The van der Waals surface area contributed by atoms with Crippen LogP contribution in [0.3, 0.4) is 0 Å².